The predicted octanol–water partition coefficient (Wildman–Crippen LogP) is 2.93. The summed E-state index contributed by atoms with van der Waals surface area (Å²) in [6.45, 7) is 4.55. The number of anilines is 2. The maximum atomic E-state index is 6.08. The molecule has 10 heteroatoms. The third-order valence-electron chi connectivity index (χ3n) is 5.32. The largest absolute Gasteiger partial charge is 0.457 e. The third kappa shape index (κ3) is 4.47. The van der Waals surface area contributed by atoms with E-state index in [1.165, 1.54) is 6.33 Å². The number of nitrogens with zero attached hydrogens (tertiary/aromatic N) is 6. The molecule has 0 bridgehead atoms. The zero-order valence-electron chi connectivity index (χ0n) is 18.5. The van der Waals surface area contributed by atoms with Crippen molar-refractivity contribution >= 4 is 22.7 Å². The number of aromatic nitrogens is 6. The quantitative estimate of drug-likeness (QED) is 0.299. The summed E-state index contributed by atoms with van der Waals surface area (Å²) in [5.41, 5.74) is 4.74. The topological polar surface area (TPSA) is 106 Å². The van der Waals surface area contributed by atoms with Crippen molar-refractivity contribution in [3.63, 3.8) is 0 Å². The molecule has 33 heavy (non-hydrogen) atoms. The fourth-order valence-electron chi connectivity index (χ4n) is 3.65. The molecule has 4 aromatic heterocycles. The first-order valence-electron chi connectivity index (χ1n) is 10.7. The summed E-state index contributed by atoms with van der Waals surface area (Å²) >= 11 is 0. The molecule has 0 aliphatic carbocycles. The van der Waals surface area contributed by atoms with Crippen molar-refractivity contribution in [1.29, 1.82) is 0 Å². The lowest BCUT2D eigenvalue weighted by Gasteiger charge is -2.13. The molecule has 0 spiro atoms. The highest BCUT2D eigenvalue weighted by Gasteiger charge is 2.11. The zero-order valence-corrected chi connectivity index (χ0v) is 18.5. The molecule has 4 heterocycles. The van der Waals surface area contributed by atoms with E-state index in [2.05, 4.69) is 42.2 Å². The molecule has 0 unspecified atom stereocenters. The van der Waals surface area contributed by atoms with Gasteiger partial charge in [0.15, 0.2) is 11.5 Å². The van der Waals surface area contributed by atoms with Crippen LogP contribution in [0.3, 0.4) is 0 Å². The number of hydrogen-bond acceptors (Lipinski definition) is 8. The number of nitrogens with one attached hydrogen (secondary N) is 3. The van der Waals surface area contributed by atoms with Crippen LogP contribution in [0.1, 0.15) is 11.1 Å². The molecule has 0 aliphatic heterocycles. The molecule has 0 saturated carbocycles. The Balaban J connectivity index is 1.35. The van der Waals surface area contributed by atoms with Gasteiger partial charge in [0, 0.05) is 43.8 Å². The lowest BCUT2D eigenvalue weighted by Crippen LogP contribution is -2.24. The van der Waals surface area contributed by atoms with Gasteiger partial charge >= 0.3 is 0 Å². The number of aryl methyl sites for hydroxylation is 1. The number of ether oxygens (including phenoxy) is 1. The van der Waals surface area contributed by atoms with Crippen LogP contribution < -0.4 is 20.7 Å². The van der Waals surface area contributed by atoms with E-state index >= 15 is 0 Å². The predicted molar refractivity (Wildman–Crippen MR) is 126 cm³/mol. The Bertz CT molecular complexity index is 1390. The minimum absolute atomic E-state index is 0.709. The number of pyridine rings is 1. The third-order valence-corrected chi connectivity index (χ3v) is 5.32. The Kier molecular flexibility index (Phi) is 5.83. The van der Waals surface area contributed by atoms with Gasteiger partial charge in [-0.25, -0.2) is 19.0 Å². The first-order chi connectivity index (χ1) is 16.2. The summed E-state index contributed by atoms with van der Waals surface area (Å²) in [6, 6.07) is 11.7. The average molecular weight is 444 g/mol. The van der Waals surface area contributed by atoms with Crippen molar-refractivity contribution in [2.75, 3.05) is 25.5 Å². The maximum Gasteiger partial charge on any atom is 0.158 e. The van der Waals surface area contributed by atoms with Gasteiger partial charge in [0.1, 0.15) is 29.7 Å². The molecule has 3 N–H and O–H groups in total. The zero-order chi connectivity index (χ0) is 22.6. The van der Waals surface area contributed by atoms with Crippen molar-refractivity contribution in [3.8, 4) is 11.5 Å². The molecule has 0 saturated heterocycles. The molecule has 1 aromatic carbocycles. The highest BCUT2D eigenvalue weighted by molar-refractivity contribution is 5.76. The van der Waals surface area contributed by atoms with E-state index in [0.717, 1.165) is 59.2 Å². The van der Waals surface area contributed by atoms with Gasteiger partial charge in [0.25, 0.3) is 0 Å². The number of hydrogen-bond donors (Lipinski definition) is 3. The van der Waals surface area contributed by atoms with Crippen molar-refractivity contribution in [1.82, 2.24) is 39.8 Å². The molecule has 5 rings (SSSR count). The molecule has 0 atom stereocenters. The number of rotatable bonds is 9. The van der Waals surface area contributed by atoms with Crippen LogP contribution >= 0.6 is 0 Å². The smallest absolute Gasteiger partial charge is 0.158 e. The Morgan fingerprint density at radius 2 is 1.79 bits per heavy atom. The number of benzene rings is 1. The molecule has 0 aliphatic rings. The van der Waals surface area contributed by atoms with Gasteiger partial charge in [-0.15, -0.1) is 0 Å². The van der Waals surface area contributed by atoms with Gasteiger partial charge < -0.3 is 20.7 Å². The molecule has 10 nitrogen and oxygen atoms in total. The summed E-state index contributed by atoms with van der Waals surface area (Å²) < 4.78 is 9.62. The lowest BCUT2D eigenvalue weighted by atomic mass is 10.2. The van der Waals surface area contributed by atoms with Crippen molar-refractivity contribution in [2.24, 2.45) is 0 Å². The van der Waals surface area contributed by atoms with Gasteiger partial charge in [-0.3, -0.25) is 0 Å². The Labute approximate surface area is 190 Å². The van der Waals surface area contributed by atoms with Crippen LogP contribution in [0.4, 0.5) is 11.5 Å². The van der Waals surface area contributed by atoms with Crippen LogP contribution in [0, 0.1) is 6.92 Å². The minimum atomic E-state index is 0.709. The van der Waals surface area contributed by atoms with E-state index in [4.69, 9.17) is 4.74 Å². The summed E-state index contributed by atoms with van der Waals surface area (Å²) in [7, 11) is 1.94. The summed E-state index contributed by atoms with van der Waals surface area (Å²) in [5.74, 6) is 2.24. The van der Waals surface area contributed by atoms with Crippen LogP contribution in [0.2, 0.25) is 0 Å². The van der Waals surface area contributed by atoms with Gasteiger partial charge in [0.2, 0.25) is 0 Å². The van der Waals surface area contributed by atoms with E-state index in [-0.39, 0.29) is 0 Å². The van der Waals surface area contributed by atoms with Crippen molar-refractivity contribution < 1.29 is 4.74 Å². The van der Waals surface area contributed by atoms with Gasteiger partial charge in [0.05, 0.1) is 0 Å². The highest BCUT2D eigenvalue weighted by atomic mass is 16.5. The van der Waals surface area contributed by atoms with Crippen LogP contribution in [-0.4, -0.2) is 49.3 Å². The van der Waals surface area contributed by atoms with Crippen LogP contribution in [0.5, 0.6) is 11.5 Å². The second-order valence-electron chi connectivity index (χ2n) is 7.66. The molecular weight excluding hydrogens is 418 g/mol. The Hall–Kier alpha value is -4.02. The molecule has 0 radical (unpaired) electrons. The molecular formula is C23H25N9O. The molecule has 0 amide bonds. The van der Waals surface area contributed by atoms with E-state index in [1.54, 1.807) is 10.8 Å². The number of likely N-dealkylation sites (N-methyl/N-ethyl adjacent to an activating group) is 1. The summed E-state index contributed by atoms with van der Waals surface area (Å²) in [5, 5.41) is 18.5. The SMILES string of the molecule is CNCCNCc1ccn2ncnc(Nc3ccc(Oc4ccn5ncnc5c4)c(C)c3)c12. The Morgan fingerprint density at radius 3 is 2.67 bits per heavy atom. The molecule has 5 aromatic rings. The number of fused-ring (bicyclic) bond motifs is 2. The second-order valence-corrected chi connectivity index (χ2v) is 7.66. The van der Waals surface area contributed by atoms with Crippen molar-refractivity contribution in [3.05, 3.63) is 72.6 Å². The monoisotopic (exact) mass is 443 g/mol. The fourth-order valence-corrected chi connectivity index (χ4v) is 3.65. The highest BCUT2D eigenvalue weighted by Crippen LogP contribution is 2.30. The van der Waals surface area contributed by atoms with Crippen molar-refractivity contribution in [2.45, 2.75) is 13.5 Å². The van der Waals surface area contributed by atoms with Crippen LogP contribution in [0.25, 0.3) is 11.2 Å². The average Bonchev–Trinajstić information content (AvgIpc) is 3.46. The normalized spacial score (nSPS) is 11.3. The fraction of sp³-hybridized carbons (Fsp3) is 0.217. The second kappa shape index (κ2) is 9.23. The van der Waals surface area contributed by atoms with Gasteiger partial charge in [-0.1, -0.05) is 0 Å². The van der Waals surface area contributed by atoms with Gasteiger partial charge in [-0.05, 0) is 55.4 Å². The van der Waals surface area contributed by atoms with Crippen LogP contribution in [-0.2, 0) is 6.54 Å². The Morgan fingerprint density at radius 1 is 0.939 bits per heavy atom. The first kappa shape index (κ1) is 20.9. The standard InChI is InChI=1S/C23H25N9O/c1-16-11-18(3-4-20(16)33-19-6-10-31-21(12-19)26-14-28-31)30-23-22-17(13-25-8-7-24-2)5-9-32(22)29-15-27-23/h3-6,9-12,14-15,24-25H,7-8,13H2,1-2H3,(H,27,29,30). The summed E-state index contributed by atoms with van der Waals surface area (Å²) in [4.78, 5) is 8.69. The van der Waals surface area contributed by atoms with E-state index < -0.39 is 0 Å². The molecule has 0 fully saturated rings. The molecule has 168 valence electrons. The van der Waals surface area contributed by atoms with E-state index in [1.807, 2.05) is 61.2 Å². The van der Waals surface area contributed by atoms with E-state index in [9.17, 15) is 0 Å². The minimum Gasteiger partial charge on any atom is -0.457 e. The summed E-state index contributed by atoms with van der Waals surface area (Å²) in [6.07, 6.45) is 6.85. The van der Waals surface area contributed by atoms with E-state index in [0.29, 0.717) is 5.75 Å². The first-order valence-corrected chi connectivity index (χ1v) is 10.7. The van der Waals surface area contributed by atoms with Crippen LogP contribution in [0.15, 0.2) is 61.4 Å². The maximum absolute atomic E-state index is 6.08. The van der Waals surface area contributed by atoms with Gasteiger partial charge in [-0.2, -0.15) is 10.2 Å². The lowest BCUT2D eigenvalue weighted by molar-refractivity contribution is 0.478.